The smallest absolute Gasteiger partial charge is 0.351 e. The largest absolute Gasteiger partial charge is 0.461 e. The molecule has 7 heteroatoms. The molecule has 0 atom stereocenters. The quantitative estimate of drug-likeness (QED) is 0.512. The van der Waals surface area contributed by atoms with Crippen molar-refractivity contribution >= 4 is 70.6 Å². The fraction of sp³-hybridized carbons (Fsp3) is 0.462. The van der Waals surface area contributed by atoms with Crippen molar-refractivity contribution in [2.45, 2.75) is 26.7 Å². The molecule has 0 fully saturated rings. The van der Waals surface area contributed by atoms with E-state index in [-0.39, 0.29) is 4.88 Å². The van der Waals surface area contributed by atoms with E-state index in [2.05, 4.69) is 45.7 Å². The molecule has 0 saturated carbocycles. The van der Waals surface area contributed by atoms with E-state index in [1.807, 2.05) is 0 Å². The molecule has 0 radical (unpaired) electrons. The predicted octanol–water partition coefficient (Wildman–Crippen LogP) is 6.22. The molecule has 2 heterocycles. The maximum atomic E-state index is 14.3. The second kappa shape index (κ2) is 6.85. The zero-order valence-corrected chi connectivity index (χ0v) is 15.8. The van der Waals surface area contributed by atoms with Gasteiger partial charge in [0, 0.05) is 0 Å². The molecule has 0 saturated heterocycles. The third-order valence-corrected chi connectivity index (χ3v) is 7.28. The Morgan fingerprint density at radius 1 is 1.25 bits per heavy atom. The molecule has 0 aliphatic carbocycles. The number of hydrogen-bond donors (Lipinski definition) is 0. The molecule has 0 aliphatic heterocycles. The number of carbonyl (C=O) groups is 1. The number of rotatable bonds is 5. The minimum Gasteiger partial charge on any atom is -0.461 e. The molecule has 2 aromatic heterocycles. The highest BCUT2D eigenvalue weighted by Gasteiger charge is 2.25. The molecule has 0 spiro atoms. The van der Waals surface area contributed by atoms with Crippen molar-refractivity contribution in [1.82, 2.24) is 0 Å². The Morgan fingerprint density at radius 2 is 1.90 bits per heavy atom. The van der Waals surface area contributed by atoms with Gasteiger partial charge in [-0.3, -0.25) is 0 Å². The molecule has 0 unspecified atom stereocenters. The summed E-state index contributed by atoms with van der Waals surface area (Å²) < 4.78 is 21.8. The topological polar surface area (TPSA) is 26.3 Å². The molecule has 20 heavy (non-hydrogen) atoms. The van der Waals surface area contributed by atoms with E-state index < -0.39 is 11.8 Å². The molecule has 0 N–H and O–H groups in total. The average molecular weight is 444 g/mol. The highest BCUT2D eigenvalue weighted by Crippen LogP contribution is 2.45. The normalized spacial score (nSPS) is 11.5. The Bertz CT molecular complexity index is 632. The summed E-state index contributed by atoms with van der Waals surface area (Å²) in [7, 11) is 0. The molecule has 2 rings (SSSR count). The second-order valence-corrected chi connectivity index (χ2v) is 9.06. The van der Waals surface area contributed by atoms with Gasteiger partial charge in [0.2, 0.25) is 0 Å². The highest BCUT2D eigenvalue weighted by atomic mass is 79.9. The van der Waals surface area contributed by atoms with Crippen LogP contribution in [-0.2, 0) is 4.74 Å². The van der Waals surface area contributed by atoms with Gasteiger partial charge in [-0.1, -0.05) is 26.7 Å². The van der Waals surface area contributed by atoms with Crippen LogP contribution < -0.4 is 0 Å². The molecule has 2 aromatic rings. The zero-order valence-electron chi connectivity index (χ0n) is 11.0. The average Bonchev–Trinajstić information content (AvgIpc) is 2.90. The Hall–Kier alpha value is 0.0200. The van der Waals surface area contributed by atoms with Crippen LogP contribution in [0.3, 0.4) is 0 Å². The Morgan fingerprint density at radius 3 is 2.45 bits per heavy atom. The van der Waals surface area contributed by atoms with Gasteiger partial charge in [-0.05, 0) is 37.8 Å². The predicted molar refractivity (Wildman–Crippen MR) is 89.4 cm³/mol. The first kappa shape index (κ1) is 16.4. The van der Waals surface area contributed by atoms with Crippen LogP contribution >= 0.6 is 54.5 Å². The van der Waals surface area contributed by atoms with Crippen LogP contribution in [-0.4, -0.2) is 12.6 Å². The molecule has 110 valence electrons. The molecule has 0 aromatic carbocycles. The lowest BCUT2D eigenvalue weighted by molar-refractivity contribution is 0.0434. The van der Waals surface area contributed by atoms with Crippen molar-refractivity contribution in [3.05, 3.63) is 18.3 Å². The second-order valence-electron chi connectivity index (χ2n) is 4.38. The van der Waals surface area contributed by atoms with Gasteiger partial charge in [-0.25, -0.2) is 9.18 Å². The summed E-state index contributed by atoms with van der Waals surface area (Å²) in [6, 6.07) is 0. The first-order valence-corrected chi connectivity index (χ1v) is 9.44. The summed E-state index contributed by atoms with van der Waals surface area (Å²) in [6.07, 6.45) is 1.89. The molecular weight excluding hydrogens is 431 g/mol. The standard InChI is InChI=1S/C13H13Br2FO2S2/c1-3-6(4-2)5-18-13(17)10-8(16)7-9(19-10)12(15)20-11(7)14/h6H,3-5H2,1-2H3. The Kier molecular flexibility index (Phi) is 5.62. The summed E-state index contributed by atoms with van der Waals surface area (Å²) in [5, 5.41) is 0.460. The number of hydrogen-bond acceptors (Lipinski definition) is 4. The van der Waals surface area contributed by atoms with Crippen LogP contribution in [0.1, 0.15) is 36.4 Å². The minimum absolute atomic E-state index is 0.0511. The van der Waals surface area contributed by atoms with Crippen LogP contribution in [0.4, 0.5) is 4.39 Å². The third kappa shape index (κ3) is 3.10. The van der Waals surface area contributed by atoms with E-state index in [4.69, 9.17) is 4.74 Å². The first-order valence-electron chi connectivity index (χ1n) is 6.22. The molecule has 2 nitrogen and oxygen atoms in total. The van der Waals surface area contributed by atoms with Crippen molar-refractivity contribution in [2.24, 2.45) is 5.92 Å². The van der Waals surface area contributed by atoms with E-state index in [1.165, 1.54) is 11.3 Å². The Labute approximate surface area is 141 Å². The third-order valence-electron chi connectivity index (χ3n) is 3.19. The van der Waals surface area contributed by atoms with E-state index in [0.717, 1.165) is 32.7 Å². The van der Waals surface area contributed by atoms with Gasteiger partial charge in [-0.2, -0.15) is 0 Å². The molecule has 0 bridgehead atoms. The maximum Gasteiger partial charge on any atom is 0.351 e. The number of halogens is 3. The van der Waals surface area contributed by atoms with E-state index in [0.29, 0.717) is 21.7 Å². The number of esters is 1. The summed E-state index contributed by atoms with van der Waals surface area (Å²) in [5.74, 6) is -0.728. The lowest BCUT2D eigenvalue weighted by atomic mass is 10.1. The van der Waals surface area contributed by atoms with Crippen molar-refractivity contribution < 1.29 is 13.9 Å². The van der Waals surface area contributed by atoms with Gasteiger partial charge in [-0.15, -0.1) is 22.7 Å². The lowest BCUT2D eigenvalue weighted by Crippen LogP contribution is -2.13. The summed E-state index contributed by atoms with van der Waals surface area (Å²) in [6.45, 7) is 4.45. The SMILES string of the molecule is CCC(CC)COC(=O)c1sc2c(Br)sc(Br)c2c1F. The van der Waals surface area contributed by atoms with Crippen LogP contribution in [0.5, 0.6) is 0 Å². The summed E-state index contributed by atoms with van der Waals surface area (Å²) in [5.41, 5.74) is 0. The Balaban J connectivity index is 2.22. The van der Waals surface area contributed by atoms with Crippen LogP contribution in [0, 0.1) is 11.7 Å². The lowest BCUT2D eigenvalue weighted by Gasteiger charge is -2.11. The van der Waals surface area contributed by atoms with Crippen LogP contribution in [0.15, 0.2) is 7.57 Å². The summed E-state index contributed by atoms with van der Waals surface area (Å²) in [4.78, 5) is 12.1. The monoisotopic (exact) mass is 442 g/mol. The number of fused-ring (bicyclic) bond motifs is 1. The number of thiophene rings is 2. The fourth-order valence-corrected chi connectivity index (χ4v) is 6.26. The molecular formula is C13H13Br2FO2S2. The number of carbonyl (C=O) groups excluding carboxylic acids is 1. The first-order chi connectivity index (χ1) is 9.49. The van der Waals surface area contributed by atoms with Crippen molar-refractivity contribution in [2.75, 3.05) is 6.61 Å². The van der Waals surface area contributed by atoms with Crippen molar-refractivity contribution in [3.8, 4) is 0 Å². The highest BCUT2D eigenvalue weighted by molar-refractivity contribution is 9.12. The molecule has 0 amide bonds. The zero-order chi connectivity index (χ0) is 14.9. The van der Waals surface area contributed by atoms with Crippen molar-refractivity contribution in [1.29, 1.82) is 0 Å². The van der Waals surface area contributed by atoms with Gasteiger partial charge in [0.05, 0.1) is 24.3 Å². The number of ether oxygens (including phenoxy) is 1. The van der Waals surface area contributed by atoms with E-state index in [9.17, 15) is 9.18 Å². The van der Waals surface area contributed by atoms with E-state index in [1.54, 1.807) is 0 Å². The van der Waals surface area contributed by atoms with Crippen LogP contribution in [0.2, 0.25) is 0 Å². The van der Waals surface area contributed by atoms with Gasteiger partial charge in [0.15, 0.2) is 5.82 Å². The van der Waals surface area contributed by atoms with Crippen molar-refractivity contribution in [3.63, 3.8) is 0 Å². The fourth-order valence-electron chi connectivity index (χ4n) is 1.82. The minimum atomic E-state index is -0.570. The van der Waals surface area contributed by atoms with Gasteiger partial charge < -0.3 is 4.74 Å². The van der Waals surface area contributed by atoms with E-state index >= 15 is 0 Å². The van der Waals surface area contributed by atoms with Crippen LogP contribution in [0.25, 0.3) is 10.1 Å². The van der Waals surface area contributed by atoms with Gasteiger partial charge in [0.25, 0.3) is 0 Å². The molecule has 0 aliphatic rings. The van der Waals surface area contributed by atoms with Gasteiger partial charge >= 0.3 is 5.97 Å². The van der Waals surface area contributed by atoms with Gasteiger partial charge in [0.1, 0.15) is 4.88 Å². The maximum absolute atomic E-state index is 14.3. The summed E-state index contributed by atoms with van der Waals surface area (Å²) >= 11 is 9.23.